The van der Waals surface area contributed by atoms with Crippen molar-refractivity contribution in [3.8, 4) is 0 Å². The van der Waals surface area contributed by atoms with Gasteiger partial charge in [-0.3, -0.25) is 0 Å². The van der Waals surface area contributed by atoms with Crippen LogP contribution in [0.1, 0.15) is 22.5 Å². The third kappa shape index (κ3) is 3.82. The maximum atomic E-state index is 11.5. The molecule has 0 saturated carbocycles. The molecule has 0 aliphatic carbocycles. The van der Waals surface area contributed by atoms with Gasteiger partial charge in [0.15, 0.2) is 15.7 Å². The summed E-state index contributed by atoms with van der Waals surface area (Å²) in [6, 6.07) is 30.3. The van der Waals surface area contributed by atoms with Gasteiger partial charge in [-0.05, 0) is 22.8 Å². The Kier molecular flexibility index (Phi) is 5.33. The molecule has 0 saturated heterocycles. The Labute approximate surface area is 176 Å². The second kappa shape index (κ2) is 8.08. The average Bonchev–Trinajstić information content (AvgIpc) is 3.24. The fourth-order valence-electron chi connectivity index (χ4n) is 3.63. The monoisotopic (exact) mass is 415 g/mol. The SMILES string of the molecule is CS(=O)(=O)C=Cc1ncn(C(c2ccccc2)(c2ccccc2)c2ccccc2)n1. The molecule has 1 aromatic heterocycles. The lowest BCUT2D eigenvalue weighted by Gasteiger charge is -2.35. The molecule has 0 aliphatic heterocycles. The zero-order valence-corrected chi connectivity index (χ0v) is 17.3. The van der Waals surface area contributed by atoms with Crippen LogP contribution in [0.15, 0.2) is 103 Å². The average molecular weight is 416 g/mol. The summed E-state index contributed by atoms with van der Waals surface area (Å²) in [5, 5.41) is 5.78. The largest absolute Gasteiger partial charge is 0.233 e. The van der Waals surface area contributed by atoms with Gasteiger partial charge in [-0.25, -0.2) is 18.1 Å². The van der Waals surface area contributed by atoms with Crippen LogP contribution in [0, 0.1) is 0 Å². The minimum atomic E-state index is -3.27. The first-order valence-corrected chi connectivity index (χ1v) is 11.4. The summed E-state index contributed by atoms with van der Waals surface area (Å²) in [6.07, 6.45) is 4.20. The Morgan fingerprint density at radius 3 is 1.60 bits per heavy atom. The molecular weight excluding hydrogens is 394 g/mol. The molecule has 4 rings (SSSR count). The smallest absolute Gasteiger partial charge is 0.174 e. The Balaban J connectivity index is 2.02. The van der Waals surface area contributed by atoms with Crippen molar-refractivity contribution >= 4 is 15.9 Å². The van der Waals surface area contributed by atoms with E-state index in [1.807, 2.05) is 54.6 Å². The van der Waals surface area contributed by atoms with Crippen LogP contribution in [0.25, 0.3) is 6.08 Å². The molecule has 0 unspecified atom stereocenters. The number of hydrogen-bond donors (Lipinski definition) is 0. The van der Waals surface area contributed by atoms with Crippen molar-refractivity contribution < 1.29 is 8.42 Å². The van der Waals surface area contributed by atoms with Crippen molar-refractivity contribution in [2.24, 2.45) is 0 Å². The molecule has 0 radical (unpaired) electrons. The number of aromatic nitrogens is 3. The molecule has 30 heavy (non-hydrogen) atoms. The molecule has 0 bridgehead atoms. The van der Waals surface area contributed by atoms with Crippen LogP contribution < -0.4 is 0 Å². The van der Waals surface area contributed by atoms with Gasteiger partial charge >= 0.3 is 0 Å². The highest BCUT2D eigenvalue weighted by Gasteiger charge is 2.39. The number of hydrogen-bond acceptors (Lipinski definition) is 4. The second-order valence-corrected chi connectivity index (χ2v) is 8.92. The van der Waals surface area contributed by atoms with Crippen molar-refractivity contribution in [1.29, 1.82) is 0 Å². The van der Waals surface area contributed by atoms with Crippen molar-refractivity contribution in [2.75, 3.05) is 6.26 Å². The second-order valence-electron chi connectivity index (χ2n) is 6.99. The molecule has 1 heterocycles. The van der Waals surface area contributed by atoms with Crippen molar-refractivity contribution in [3.05, 3.63) is 125 Å². The summed E-state index contributed by atoms with van der Waals surface area (Å²) < 4.78 is 24.8. The van der Waals surface area contributed by atoms with E-state index in [-0.39, 0.29) is 0 Å². The lowest BCUT2D eigenvalue weighted by Crippen LogP contribution is -2.38. The van der Waals surface area contributed by atoms with E-state index in [0.29, 0.717) is 5.82 Å². The zero-order chi connectivity index (χ0) is 21.0. The van der Waals surface area contributed by atoms with Gasteiger partial charge in [0.2, 0.25) is 0 Å². The lowest BCUT2D eigenvalue weighted by atomic mass is 9.77. The summed E-state index contributed by atoms with van der Waals surface area (Å²) in [6.45, 7) is 0. The Hall–Kier alpha value is -3.51. The molecular formula is C24H21N3O2S. The van der Waals surface area contributed by atoms with E-state index in [4.69, 9.17) is 0 Å². The van der Waals surface area contributed by atoms with Gasteiger partial charge in [0.1, 0.15) is 11.9 Å². The van der Waals surface area contributed by atoms with E-state index in [1.54, 1.807) is 11.0 Å². The predicted octanol–water partition coefficient (Wildman–Crippen LogP) is 4.13. The molecule has 0 N–H and O–H groups in total. The highest BCUT2D eigenvalue weighted by molar-refractivity contribution is 7.93. The number of sulfone groups is 1. The van der Waals surface area contributed by atoms with Gasteiger partial charge in [-0.1, -0.05) is 91.0 Å². The maximum Gasteiger partial charge on any atom is 0.174 e. The molecule has 0 fully saturated rings. The van der Waals surface area contributed by atoms with Crippen LogP contribution in [-0.2, 0) is 15.4 Å². The highest BCUT2D eigenvalue weighted by atomic mass is 32.2. The first kappa shape index (κ1) is 19.8. The van der Waals surface area contributed by atoms with Crippen molar-refractivity contribution in [3.63, 3.8) is 0 Å². The van der Waals surface area contributed by atoms with Crippen molar-refractivity contribution in [2.45, 2.75) is 5.54 Å². The molecule has 0 spiro atoms. The number of nitrogens with zero attached hydrogens (tertiary/aromatic N) is 3. The Morgan fingerprint density at radius 1 is 0.767 bits per heavy atom. The summed E-state index contributed by atoms with van der Waals surface area (Å²) >= 11 is 0. The van der Waals surface area contributed by atoms with Crippen LogP contribution in [0.2, 0.25) is 0 Å². The topological polar surface area (TPSA) is 64.8 Å². The van der Waals surface area contributed by atoms with Crippen molar-refractivity contribution in [1.82, 2.24) is 14.8 Å². The zero-order valence-electron chi connectivity index (χ0n) is 16.5. The quantitative estimate of drug-likeness (QED) is 0.444. The summed E-state index contributed by atoms with van der Waals surface area (Å²) in [5.41, 5.74) is 2.29. The molecule has 6 heteroatoms. The van der Waals surface area contributed by atoms with Gasteiger partial charge < -0.3 is 0 Å². The first-order chi connectivity index (χ1) is 14.5. The van der Waals surface area contributed by atoms with E-state index in [9.17, 15) is 8.42 Å². The maximum absolute atomic E-state index is 11.5. The third-order valence-electron chi connectivity index (χ3n) is 4.89. The van der Waals surface area contributed by atoms with E-state index in [1.165, 1.54) is 6.08 Å². The Bertz CT molecular complexity index is 1150. The molecule has 0 amide bonds. The summed E-state index contributed by atoms with van der Waals surface area (Å²) in [7, 11) is -3.27. The van der Waals surface area contributed by atoms with Gasteiger partial charge in [0.05, 0.1) is 0 Å². The Morgan fingerprint density at radius 2 is 1.20 bits per heavy atom. The lowest BCUT2D eigenvalue weighted by molar-refractivity contribution is 0.458. The molecule has 0 aliphatic rings. The fraction of sp³-hybridized carbons (Fsp3) is 0.0833. The van der Waals surface area contributed by atoms with Crippen LogP contribution in [0.4, 0.5) is 0 Å². The van der Waals surface area contributed by atoms with Crippen LogP contribution in [-0.4, -0.2) is 29.4 Å². The summed E-state index contributed by atoms with van der Waals surface area (Å²) in [4.78, 5) is 4.36. The fourth-order valence-corrected chi connectivity index (χ4v) is 4.00. The van der Waals surface area contributed by atoms with Gasteiger partial charge in [-0.15, -0.1) is 0 Å². The van der Waals surface area contributed by atoms with Gasteiger partial charge in [-0.2, -0.15) is 5.10 Å². The molecule has 0 atom stereocenters. The van der Waals surface area contributed by atoms with E-state index in [0.717, 1.165) is 28.4 Å². The van der Waals surface area contributed by atoms with Gasteiger partial charge in [0, 0.05) is 11.7 Å². The van der Waals surface area contributed by atoms with Gasteiger partial charge in [0.25, 0.3) is 0 Å². The number of benzene rings is 3. The molecule has 5 nitrogen and oxygen atoms in total. The van der Waals surface area contributed by atoms with Crippen LogP contribution >= 0.6 is 0 Å². The van der Waals surface area contributed by atoms with E-state index in [2.05, 4.69) is 46.5 Å². The highest BCUT2D eigenvalue weighted by Crippen LogP contribution is 2.40. The number of rotatable bonds is 6. The minimum absolute atomic E-state index is 0.326. The van der Waals surface area contributed by atoms with Crippen LogP contribution in [0.5, 0.6) is 0 Å². The normalized spacial score (nSPS) is 12.3. The van der Waals surface area contributed by atoms with E-state index >= 15 is 0 Å². The van der Waals surface area contributed by atoms with E-state index < -0.39 is 15.4 Å². The minimum Gasteiger partial charge on any atom is -0.233 e. The third-order valence-corrected chi connectivity index (χ3v) is 5.52. The summed E-state index contributed by atoms with van der Waals surface area (Å²) in [5.74, 6) is 0.326. The van der Waals surface area contributed by atoms with Crippen LogP contribution in [0.3, 0.4) is 0 Å². The molecule has 150 valence electrons. The molecule has 3 aromatic carbocycles. The first-order valence-electron chi connectivity index (χ1n) is 9.47. The predicted molar refractivity (Wildman–Crippen MR) is 119 cm³/mol. The standard InChI is InChI=1S/C24H21N3O2S/c1-30(28,29)18-17-23-25-19-27(26-23)24(20-11-5-2-6-12-20,21-13-7-3-8-14-21)22-15-9-4-10-16-22/h2-19H,1H3. The molecule has 4 aromatic rings.